The maximum absolute atomic E-state index is 13.2. The zero-order valence-corrected chi connectivity index (χ0v) is 18.2. The molecule has 0 aliphatic carbocycles. The van der Waals surface area contributed by atoms with Gasteiger partial charge >= 0.3 is 6.09 Å². The Morgan fingerprint density at radius 2 is 1.79 bits per heavy atom. The first-order chi connectivity index (χ1) is 13.7. The Hall–Kier alpha value is -2.44. The summed E-state index contributed by atoms with van der Waals surface area (Å²) in [5.74, 6) is 1.14. The Labute approximate surface area is 173 Å². The second kappa shape index (κ2) is 10.4. The Morgan fingerprint density at radius 1 is 1.10 bits per heavy atom. The SMILES string of the molecule is CCOc1ccc(C(=O)N2CCCCC2CNC(=O)OC(C)(C)C)cc1OCC. The number of hydrogen-bond acceptors (Lipinski definition) is 5. The van der Waals surface area contributed by atoms with Crippen LogP contribution in [0, 0.1) is 0 Å². The fourth-order valence-electron chi connectivity index (χ4n) is 3.35. The van der Waals surface area contributed by atoms with E-state index in [1.165, 1.54) is 0 Å². The average Bonchev–Trinajstić information content (AvgIpc) is 2.66. The minimum Gasteiger partial charge on any atom is -0.490 e. The first-order valence-corrected chi connectivity index (χ1v) is 10.4. The zero-order valence-electron chi connectivity index (χ0n) is 18.2. The van der Waals surface area contributed by atoms with Gasteiger partial charge in [0, 0.05) is 24.7 Å². The molecule has 1 aromatic carbocycles. The third kappa shape index (κ3) is 6.84. The summed E-state index contributed by atoms with van der Waals surface area (Å²) in [7, 11) is 0. The number of nitrogens with zero attached hydrogens (tertiary/aromatic N) is 1. The van der Waals surface area contributed by atoms with E-state index in [0.717, 1.165) is 19.3 Å². The van der Waals surface area contributed by atoms with E-state index in [1.807, 2.05) is 39.5 Å². The molecule has 1 atom stereocenters. The summed E-state index contributed by atoms with van der Waals surface area (Å²) < 4.78 is 16.5. The van der Waals surface area contributed by atoms with Crippen LogP contribution < -0.4 is 14.8 Å². The standard InChI is InChI=1S/C22H34N2O5/c1-6-27-18-12-11-16(14-19(18)28-7-2)20(25)24-13-9-8-10-17(24)15-23-21(26)29-22(3,4)5/h11-12,14,17H,6-10,13,15H2,1-5H3,(H,23,26). The molecule has 1 unspecified atom stereocenters. The predicted octanol–water partition coefficient (Wildman–Crippen LogP) is 4.00. The quantitative estimate of drug-likeness (QED) is 0.740. The fourth-order valence-corrected chi connectivity index (χ4v) is 3.35. The number of carbonyl (C=O) groups is 2. The molecule has 2 amide bonds. The molecule has 0 aromatic heterocycles. The summed E-state index contributed by atoms with van der Waals surface area (Å²) in [6.45, 7) is 11.3. The second-order valence-electron chi connectivity index (χ2n) is 8.06. The molecule has 0 saturated carbocycles. The van der Waals surface area contributed by atoms with Crippen LogP contribution in [-0.2, 0) is 4.74 Å². The number of piperidine rings is 1. The number of rotatable bonds is 7. The van der Waals surface area contributed by atoms with Gasteiger partial charge in [0.15, 0.2) is 11.5 Å². The molecule has 1 aliphatic rings. The molecule has 0 radical (unpaired) electrons. The van der Waals surface area contributed by atoms with Crippen molar-refractivity contribution < 1.29 is 23.8 Å². The van der Waals surface area contributed by atoms with Gasteiger partial charge in [-0.3, -0.25) is 4.79 Å². The first-order valence-electron chi connectivity index (χ1n) is 10.4. The highest BCUT2D eigenvalue weighted by Gasteiger charge is 2.29. The van der Waals surface area contributed by atoms with Crippen molar-refractivity contribution in [3.63, 3.8) is 0 Å². The fraction of sp³-hybridized carbons (Fsp3) is 0.636. The maximum Gasteiger partial charge on any atom is 0.407 e. The molecule has 29 heavy (non-hydrogen) atoms. The summed E-state index contributed by atoms with van der Waals surface area (Å²) in [5.41, 5.74) is 0.00510. The molecule has 1 N–H and O–H groups in total. The van der Waals surface area contributed by atoms with E-state index in [-0.39, 0.29) is 11.9 Å². The largest absolute Gasteiger partial charge is 0.490 e. The van der Waals surface area contributed by atoms with Crippen molar-refractivity contribution in [3.05, 3.63) is 23.8 Å². The van der Waals surface area contributed by atoms with Crippen molar-refractivity contribution >= 4 is 12.0 Å². The Balaban J connectivity index is 2.10. The van der Waals surface area contributed by atoms with Gasteiger partial charge in [0.2, 0.25) is 0 Å². The average molecular weight is 407 g/mol. The number of hydrogen-bond donors (Lipinski definition) is 1. The number of benzene rings is 1. The lowest BCUT2D eigenvalue weighted by Crippen LogP contribution is -2.50. The topological polar surface area (TPSA) is 77.1 Å². The van der Waals surface area contributed by atoms with Crippen LogP contribution in [0.4, 0.5) is 4.79 Å². The van der Waals surface area contributed by atoms with Gasteiger partial charge in [-0.05, 0) is 72.1 Å². The summed E-state index contributed by atoms with van der Waals surface area (Å²) in [6, 6.07) is 5.22. The lowest BCUT2D eigenvalue weighted by molar-refractivity contribution is 0.0462. The zero-order chi connectivity index (χ0) is 21.4. The van der Waals surface area contributed by atoms with Crippen LogP contribution in [0.1, 0.15) is 64.2 Å². The number of carbonyl (C=O) groups excluding carboxylic acids is 2. The lowest BCUT2D eigenvalue weighted by Gasteiger charge is -2.36. The van der Waals surface area contributed by atoms with E-state index in [2.05, 4.69) is 5.32 Å². The lowest BCUT2D eigenvalue weighted by atomic mass is 10.0. The van der Waals surface area contributed by atoms with Crippen LogP contribution in [0.3, 0.4) is 0 Å². The highest BCUT2D eigenvalue weighted by atomic mass is 16.6. The van der Waals surface area contributed by atoms with E-state index >= 15 is 0 Å². The van der Waals surface area contributed by atoms with Gasteiger partial charge in [-0.15, -0.1) is 0 Å². The number of ether oxygens (including phenoxy) is 3. The molecule has 7 heteroatoms. The second-order valence-corrected chi connectivity index (χ2v) is 8.06. The molecule has 0 bridgehead atoms. The van der Waals surface area contributed by atoms with Crippen LogP contribution >= 0.6 is 0 Å². The minimum absolute atomic E-state index is 0.0640. The van der Waals surface area contributed by atoms with Crippen LogP contribution in [0.25, 0.3) is 0 Å². The van der Waals surface area contributed by atoms with E-state index in [4.69, 9.17) is 14.2 Å². The van der Waals surface area contributed by atoms with Gasteiger partial charge in [-0.2, -0.15) is 0 Å². The van der Waals surface area contributed by atoms with Gasteiger partial charge in [0.05, 0.1) is 13.2 Å². The third-order valence-electron chi connectivity index (χ3n) is 4.56. The molecular weight excluding hydrogens is 372 g/mol. The van der Waals surface area contributed by atoms with Crippen molar-refractivity contribution in [2.75, 3.05) is 26.3 Å². The Morgan fingerprint density at radius 3 is 2.45 bits per heavy atom. The molecule has 2 rings (SSSR count). The molecule has 7 nitrogen and oxygen atoms in total. The molecule has 162 valence electrons. The van der Waals surface area contributed by atoms with Crippen LogP contribution in [-0.4, -0.2) is 54.8 Å². The predicted molar refractivity (Wildman–Crippen MR) is 112 cm³/mol. The minimum atomic E-state index is -0.551. The number of likely N-dealkylation sites (tertiary alicyclic amines) is 1. The van der Waals surface area contributed by atoms with E-state index in [9.17, 15) is 9.59 Å². The van der Waals surface area contributed by atoms with E-state index < -0.39 is 11.7 Å². The van der Waals surface area contributed by atoms with Gasteiger partial charge in [0.25, 0.3) is 5.91 Å². The summed E-state index contributed by atoms with van der Waals surface area (Å²) in [5, 5.41) is 2.80. The highest BCUT2D eigenvalue weighted by Crippen LogP contribution is 2.30. The number of nitrogens with one attached hydrogen (secondary N) is 1. The molecule has 0 spiro atoms. The molecule has 1 fully saturated rings. The molecule has 1 heterocycles. The maximum atomic E-state index is 13.2. The van der Waals surface area contributed by atoms with Gasteiger partial charge < -0.3 is 24.4 Å². The molecular formula is C22H34N2O5. The third-order valence-corrected chi connectivity index (χ3v) is 4.56. The van der Waals surface area contributed by atoms with Gasteiger partial charge in [0.1, 0.15) is 5.60 Å². The van der Waals surface area contributed by atoms with Gasteiger partial charge in [-0.1, -0.05) is 0 Å². The van der Waals surface area contributed by atoms with Crippen molar-refractivity contribution in [3.8, 4) is 11.5 Å². The van der Waals surface area contributed by atoms with E-state index in [1.54, 1.807) is 18.2 Å². The van der Waals surface area contributed by atoms with Crippen molar-refractivity contribution in [2.45, 2.75) is 65.5 Å². The molecule has 1 aliphatic heterocycles. The molecule has 1 aromatic rings. The number of alkyl carbamates (subject to hydrolysis) is 1. The number of amides is 2. The van der Waals surface area contributed by atoms with Crippen LogP contribution in [0.5, 0.6) is 11.5 Å². The molecule has 1 saturated heterocycles. The van der Waals surface area contributed by atoms with Crippen LogP contribution in [0.2, 0.25) is 0 Å². The van der Waals surface area contributed by atoms with Crippen molar-refractivity contribution in [2.24, 2.45) is 0 Å². The van der Waals surface area contributed by atoms with Gasteiger partial charge in [-0.25, -0.2) is 4.79 Å². The summed E-state index contributed by atoms with van der Waals surface area (Å²) >= 11 is 0. The van der Waals surface area contributed by atoms with Crippen molar-refractivity contribution in [1.29, 1.82) is 0 Å². The normalized spacial score (nSPS) is 16.9. The summed E-state index contributed by atoms with van der Waals surface area (Å²) in [4.78, 5) is 27.0. The van der Waals surface area contributed by atoms with Crippen LogP contribution in [0.15, 0.2) is 18.2 Å². The highest BCUT2D eigenvalue weighted by molar-refractivity contribution is 5.95. The van der Waals surface area contributed by atoms with Crippen molar-refractivity contribution in [1.82, 2.24) is 10.2 Å². The van der Waals surface area contributed by atoms with E-state index in [0.29, 0.717) is 43.4 Å². The summed E-state index contributed by atoms with van der Waals surface area (Å²) in [6.07, 6.45) is 2.36. The first kappa shape index (κ1) is 22.8. The Bertz CT molecular complexity index is 699. The smallest absolute Gasteiger partial charge is 0.407 e. The Kier molecular flexibility index (Phi) is 8.17. The monoisotopic (exact) mass is 406 g/mol.